The van der Waals surface area contributed by atoms with Gasteiger partial charge in [-0.3, -0.25) is 9.36 Å². The third kappa shape index (κ3) is 7.69. The molecule has 8 nitrogen and oxygen atoms in total. The Balaban J connectivity index is 0.000000418. The Bertz CT molecular complexity index is 854. The van der Waals surface area contributed by atoms with Crippen molar-refractivity contribution in [1.82, 2.24) is 9.55 Å². The van der Waals surface area contributed by atoms with Crippen molar-refractivity contribution >= 4 is 23.4 Å². The Kier molecular flexibility index (Phi) is 10.9. The van der Waals surface area contributed by atoms with Gasteiger partial charge in [0, 0.05) is 12.8 Å². The molecule has 1 saturated heterocycles. The standard InChI is InChI=1S/C11H14F2N4O4.C7H8.CH3Cl/c12-6-1-5(4-20-8(18)2-14)21-10(6)17-3-7(13)9(15)16-11(17)19;1-7-5-3-2-4-6-7;1-2/h3,5-6,10H,1-2,4,14H2,(H2,15,16,19);2-6H,1H3;1H3. The molecule has 1 aliphatic rings. The van der Waals surface area contributed by atoms with Gasteiger partial charge in [0.1, 0.15) is 12.8 Å². The van der Waals surface area contributed by atoms with E-state index in [4.69, 9.17) is 20.9 Å². The highest BCUT2D eigenvalue weighted by molar-refractivity contribution is 6.15. The van der Waals surface area contributed by atoms with Crippen molar-refractivity contribution in [2.75, 3.05) is 25.3 Å². The number of esters is 1. The molecule has 3 rings (SSSR count). The van der Waals surface area contributed by atoms with Crippen LogP contribution in [0.25, 0.3) is 0 Å². The van der Waals surface area contributed by atoms with E-state index in [1.165, 1.54) is 11.9 Å². The van der Waals surface area contributed by atoms with Crippen LogP contribution in [-0.4, -0.2) is 47.3 Å². The number of nitrogens with zero attached hydrogens (tertiary/aromatic N) is 2. The fraction of sp³-hybridized carbons (Fsp3) is 0.421. The Morgan fingerprint density at radius 2 is 2.00 bits per heavy atom. The number of carbonyl (C=O) groups is 1. The van der Waals surface area contributed by atoms with Crippen molar-refractivity contribution in [1.29, 1.82) is 0 Å². The number of benzene rings is 1. The quantitative estimate of drug-likeness (QED) is 0.543. The lowest BCUT2D eigenvalue weighted by Crippen LogP contribution is -2.31. The molecule has 3 atom stereocenters. The summed E-state index contributed by atoms with van der Waals surface area (Å²) in [4.78, 5) is 25.7. The van der Waals surface area contributed by atoms with Gasteiger partial charge < -0.3 is 20.9 Å². The lowest BCUT2D eigenvalue weighted by molar-refractivity contribution is -0.146. The molecule has 1 aromatic carbocycles. The number of halogens is 3. The molecule has 1 fully saturated rings. The largest absolute Gasteiger partial charge is 0.462 e. The molecule has 0 saturated carbocycles. The summed E-state index contributed by atoms with van der Waals surface area (Å²) < 4.78 is 37.9. The molecule has 4 N–H and O–H groups in total. The van der Waals surface area contributed by atoms with E-state index in [2.05, 4.69) is 35.6 Å². The summed E-state index contributed by atoms with van der Waals surface area (Å²) in [6, 6.07) is 10.3. The van der Waals surface area contributed by atoms with E-state index in [1.54, 1.807) is 0 Å². The zero-order valence-electron chi connectivity index (χ0n) is 16.6. The van der Waals surface area contributed by atoms with Gasteiger partial charge in [0.2, 0.25) is 0 Å². The molecule has 0 radical (unpaired) electrons. The minimum Gasteiger partial charge on any atom is -0.462 e. The fourth-order valence-electron chi connectivity index (χ4n) is 2.47. The van der Waals surface area contributed by atoms with Crippen molar-refractivity contribution in [2.45, 2.75) is 31.8 Å². The van der Waals surface area contributed by atoms with Crippen LogP contribution in [-0.2, 0) is 14.3 Å². The summed E-state index contributed by atoms with van der Waals surface area (Å²) in [6.07, 6.45) is -1.58. The molecule has 2 aromatic rings. The highest BCUT2D eigenvalue weighted by Gasteiger charge is 2.38. The molecular weight excluding hydrogens is 422 g/mol. The highest BCUT2D eigenvalue weighted by Crippen LogP contribution is 2.30. The van der Waals surface area contributed by atoms with Crippen LogP contribution in [0.2, 0.25) is 0 Å². The molecule has 30 heavy (non-hydrogen) atoms. The first-order valence-corrected chi connectivity index (χ1v) is 9.66. The lowest BCUT2D eigenvalue weighted by Gasteiger charge is -2.16. The lowest BCUT2D eigenvalue weighted by atomic mass is 10.2. The summed E-state index contributed by atoms with van der Waals surface area (Å²) in [7, 11) is 0. The number of carbonyl (C=O) groups excluding carboxylic acids is 1. The van der Waals surface area contributed by atoms with Crippen LogP contribution in [0.1, 0.15) is 18.2 Å². The highest BCUT2D eigenvalue weighted by atomic mass is 35.5. The van der Waals surface area contributed by atoms with Crippen LogP contribution in [0.4, 0.5) is 14.6 Å². The van der Waals surface area contributed by atoms with Gasteiger partial charge in [0.25, 0.3) is 0 Å². The second-order valence-corrected chi connectivity index (χ2v) is 6.11. The minimum atomic E-state index is -1.57. The molecule has 0 amide bonds. The number of ether oxygens (including phenoxy) is 2. The maximum Gasteiger partial charge on any atom is 0.351 e. The van der Waals surface area contributed by atoms with Crippen LogP contribution in [0.15, 0.2) is 41.3 Å². The number of rotatable bonds is 4. The van der Waals surface area contributed by atoms with E-state index < -0.39 is 41.8 Å². The first-order valence-electron chi connectivity index (χ1n) is 8.90. The number of anilines is 1. The van der Waals surface area contributed by atoms with Crippen LogP contribution in [0, 0.1) is 12.7 Å². The van der Waals surface area contributed by atoms with Crippen LogP contribution in [0.3, 0.4) is 0 Å². The number of alkyl halides is 2. The number of hydrogen-bond acceptors (Lipinski definition) is 7. The third-order valence-electron chi connectivity index (χ3n) is 3.87. The molecule has 3 unspecified atom stereocenters. The normalized spacial score (nSPS) is 19.7. The van der Waals surface area contributed by atoms with Gasteiger partial charge in [-0.05, 0) is 6.92 Å². The second kappa shape index (κ2) is 12.9. The number of nitrogen functional groups attached to an aromatic ring is 1. The van der Waals surface area contributed by atoms with Crippen LogP contribution >= 0.6 is 11.6 Å². The van der Waals surface area contributed by atoms with Gasteiger partial charge in [-0.15, -0.1) is 11.6 Å². The van der Waals surface area contributed by atoms with E-state index in [0.717, 1.165) is 6.20 Å². The van der Waals surface area contributed by atoms with Crippen LogP contribution in [0.5, 0.6) is 0 Å². The van der Waals surface area contributed by atoms with Crippen molar-refractivity contribution in [3.63, 3.8) is 0 Å². The van der Waals surface area contributed by atoms with E-state index in [9.17, 15) is 18.4 Å². The summed E-state index contributed by atoms with van der Waals surface area (Å²) in [5.41, 5.74) is 10.6. The first-order chi connectivity index (χ1) is 14.3. The number of nitrogens with two attached hydrogens (primary N) is 2. The van der Waals surface area contributed by atoms with E-state index in [1.807, 2.05) is 18.2 Å². The van der Waals surface area contributed by atoms with Crippen LogP contribution < -0.4 is 17.2 Å². The zero-order valence-corrected chi connectivity index (χ0v) is 17.4. The molecule has 1 aliphatic heterocycles. The Morgan fingerprint density at radius 1 is 1.37 bits per heavy atom. The molecule has 0 aliphatic carbocycles. The molecule has 11 heteroatoms. The number of aromatic nitrogens is 2. The van der Waals surface area contributed by atoms with Gasteiger partial charge in [0.05, 0.1) is 18.8 Å². The zero-order chi connectivity index (χ0) is 22.7. The average molecular weight is 447 g/mol. The second-order valence-electron chi connectivity index (χ2n) is 6.11. The van der Waals surface area contributed by atoms with Gasteiger partial charge >= 0.3 is 11.7 Å². The maximum atomic E-state index is 13.9. The summed E-state index contributed by atoms with van der Waals surface area (Å²) in [5.74, 6) is -2.18. The Morgan fingerprint density at radius 3 is 2.53 bits per heavy atom. The molecule has 2 heterocycles. The average Bonchev–Trinajstić information content (AvgIpc) is 3.11. The van der Waals surface area contributed by atoms with Crippen molar-refractivity contribution in [3.8, 4) is 0 Å². The molecule has 166 valence electrons. The third-order valence-corrected chi connectivity index (χ3v) is 3.87. The fourth-order valence-corrected chi connectivity index (χ4v) is 2.47. The summed E-state index contributed by atoms with van der Waals surface area (Å²) >= 11 is 4.64. The predicted octanol–water partition coefficient (Wildman–Crippen LogP) is 1.94. The molecular formula is C19H25ClF2N4O4. The van der Waals surface area contributed by atoms with E-state index >= 15 is 0 Å². The van der Waals surface area contributed by atoms with Crippen molar-refractivity contribution < 1.29 is 23.0 Å². The Labute approximate surface area is 177 Å². The van der Waals surface area contributed by atoms with Gasteiger partial charge in [-0.2, -0.15) is 4.98 Å². The van der Waals surface area contributed by atoms with Gasteiger partial charge in [0.15, 0.2) is 17.9 Å². The summed E-state index contributed by atoms with van der Waals surface area (Å²) in [6.45, 7) is 1.58. The molecule has 0 spiro atoms. The van der Waals surface area contributed by atoms with E-state index in [-0.39, 0.29) is 19.6 Å². The predicted molar refractivity (Wildman–Crippen MR) is 109 cm³/mol. The van der Waals surface area contributed by atoms with E-state index in [0.29, 0.717) is 4.57 Å². The van der Waals surface area contributed by atoms with Gasteiger partial charge in [-0.25, -0.2) is 13.6 Å². The van der Waals surface area contributed by atoms with Crippen molar-refractivity contribution in [3.05, 3.63) is 58.4 Å². The molecule has 1 aromatic heterocycles. The van der Waals surface area contributed by atoms with Crippen molar-refractivity contribution in [2.24, 2.45) is 5.73 Å². The number of hydrogen-bond donors (Lipinski definition) is 2. The Hall–Kier alpha value is -2.56. The first kappa shape index (κ1) is 25.5. The minimum absolute atomic E-state index is 0.110. The monoisotopic (exact) mass is 446 g/mol. The number of aryl methyl sites for hydroxylation is 1. The maximum absolute atomic E-state index is 13.9. The smallest absolute Gasteiger partial charge is 0.351 e. The molecule has 0 bridgehead atoms. The topological polar surface area (TPSA) is 122 Å². The SMILES string of the molecule is CCl.Cc1ccccc1.NCC(=O)OCC1CC(F)C(n2cc(F)c(N)nc2=O)O1. The van der Waals surface area contributed by atoms with Gasteiger partial charge in [-0.1, -0.05) is 35.9 Å². The summed E-state index contributed by atoms with van der Waals surface area (Å²) in [5, 5.41) is 0.